The standard InChI is InChI=1S/C11H14BrN3S/c1-8(11-9(12)3-7-16-11)13-4-2-10-14-5-6-15-10/h3,5-8,13H,2,4H2,1H3,(H,14,15). The molecule has 1 unspecified atom stereocenters. The molecule has 2 rings (SSSR count). The van der Waals surface area contributed by atoms with Gasteiger partial charge in [0.05, 0.1) is 0 Å². The first kappa shape index (κ1) is 11.8. The number of aromatic nitrogens is 2. The molecule has 0 saturated heterocycles. The van der Waals surface area contributed by atoms with Crippen molar-refractivity contribution in [2.45, 2.75) is 19.4 Å². The molecule has 2 aromatic rings. The second-order valence-corrected chi connectivity index (χ2v) is 5.40. The maximum atomic E-state index is 4.19. The molecule has 0 aliphatic carbocycles. The Morgan fingerprint density at radius 2 is 2.50 bits per heavy atom. The highest BCUT2D eigenvalue weighted by molar-refractivity contribution is 9.10. The largest absolute Gasteiger partial charge is 0.349 e. The van der Waals surface area contributed by atoms with E-state index in [0.29, 0.717) is 6.04 Å². The molecule has 0 aromatic carbocycles. The molecule has 2 heterocycles. The normalized spacial score (nSPS) is 12.9. The van der Waals surface area contributed by atoms with Gasteiger partial charge in [0.15, 0.2) is 0 Å². The molecule has 0 saturated carbocycles. The number of aromatic amines is 1. The Bertz CT molecular complexity index is 424. The molecule has 0 aliphatic heterocycles. The van der Waals surface area contributed by atoms with E-state index in [9.17, 15) is 0 Å². The Kier molecular flexibility index (Phi) is 4.15. The van der Waals surface area contributed by atoms with E-state index in [2.05, 4.69) is 49.6 Å². The van der Waals surface area contributed by atoms with E-state index in [-0.39, 0.29) is 0 Å². The second-order valence-electron chi connectivity index (χ2n) is 3.59. The zero-order chi connectivity index (χ0) is 11.4. The molecule has 16 heavy (non-hydrogen) atoms. The van der Waals surface area contributed by atoms with Gasteiger partial charge in [-0.1, -0.05) is 0 Å². The first-order valence-electron chi connectivity index (χ1n) is 5.22. The smallest absolute Gasteiger partial charge is 0.107 e. The predicted molar refractivity (Wildman–Crippen MR) is 70.7 cm³/mol. The van der Waals surface area contributed by atoms with Crippen molar-refractivity contribution < 1.29 is 0 Å². The Morgan fingerprint density at radius 3 is 3.12 bits per heavy atom. The Morgan fingerprint density at radius 1 is 1.62 bits per heavy atom. The van der Waals surface area contributed by atoms with Crippen LogP contribution in [0.5, 0.6) is 0 Å². The summed E-state index contributed by atoms with van der Waals surface area (Å²) in [6.45, 7) is 3.11. The van der Waals surface area contributed by atoms with Crippen molar-refractivity contribution in [1.82, 2.24) is 15.3 Å². The third-order valence-electron chi connectivity index (χ3n) is 2.41. The van der Waals surface area contributed by atoms with Crippen molar-refractivity contribution in [3.05, 3.63) is 39.0 Å². The molecule has 0 spiro atoms. The summed E-state index contributed by atoms with van der Waals surface area (Å²) >= 11 is 5.32. The van der Waals surface area contributed by atoms with Crippen molar-refractivity contribution in [3.63, 3.8) is 0 Å². The highest BCUT2D eigenvalue weighted by Gasteiger charge is 2.09. The minimum atomic E-state index is 0.379. The average Bonchev–Trinajstić information content (AvgIpc) is 2.88. The number of hydrogen-bond donors (Lipinski definition) is 2. The summed E-state index contributed by atoms with van der Waals surface area (Å²) < 4.78 is 1.19. The summed E-state index contributed by atoms with van der Waals surface area (Å²) in [4.78, 5) is 8.64. The fourth-order valence-corrected chi connectivity index (χ4v) is 3.30. The molecule has 3 nitrogen and oxygen atoms in total. The molecule has 0 amide bonds. The van der Waals surface area contributed by atoms with Crippen LogP contribution >= 0.6 is 27.3 Å². The molecule has 0 fully saturated rings. The minimum absolute atomic E-state index is 0.379. The second kappa shape index (κ2) is 5.61. The molecule has 86 valence electrons. The molecule has 0 bridgehead atoms. The summed E-state index contributed by atoms with van der Waals surface area (Å²) in [6, 6.07) is 2.47. The van der Waals surface area contributed by atoms with E-state index in [1.165, 1.54) is 9.35 Å². The molecule has 0 aliphatic rings. The number of halogens is 1. The molecule has 0 radical (unpaired) electrons. The molecule has 2 aromatic heterocycles. The van der Waals surface area contributed by atoms with Crippen LogP contribution in [0.1, 0.15) is 23.7 Å². The summed E-state index contributed by atoms with van der Waals surface area (Å²) in [5.41, 5.74) is 0. The van der Waals surface area contributed by atoms with Crippen molar-refractivity contribution in [2.75, 3.05) is 6.54 Å². The summed E-state index contributed by atoms with van der Waals surface area (Å²) in [5.74, 6) is 1.03. The minimum Gasteiger partial charge on any atom is -0.349 e. The number of nitrogens with zero attached hydrogens (tertiary/aromatic N) is 1. The van der Waals surface area contributed by atoms with E-state index >= 15 is 0 Å². The van der Waals surface area contributed by atoms with E-state index in [4.69, 9.17) is 0 Å². The first-order valence-corrected chi connectivity index (χ1v) is 6.89. The van der Waals surface area contributed by atoms with Crippen LogP contribution in [-0.4, -0.2) is 16.5 Å². The van der Waals surface area contributed by atoms with Gasteiger partial charge in [-0.3, -0.25) is 0 Å². The molecular formula is C11H14BrN3S. The third-order valence-corrected chi connectivity index (χ3v) is 4.46. The molecule has 2 N–H and O–H groups in total. The quantitative estimate of drug-likeness (QED) is 0.890. The lowest BCUT2D eigenvalue weighted by Gasteiger charge is -2.12. The van der Waals surface area contributed by atoms with Gasteiger partial charge in [0.25, 0.3) is 0 Å². The predicted octanol–water partition coefficient (Wildman–Crippen LogP) is 3.13. The van der Waals surface area contributed by atoms with Crippen molar-refractivity contribution in [1.29, 1.82) is 0 Å². The molecular weight excluding hydrogens is 286 g/mol. The summed E-state index contributed by atoms with van der Waals surface area (Å²) in [7, 11) is 0. The van der Waals surface area contributed by atoms with E-state index < -0.39 is 0 Å². The Labute approximate surface area is 107 Å². The maximum Gasteiger partial charge on any atom is 0.107 e. The monoisotopic (exact) mass is 299 g/mol. The van der Waals surface area contributed by atoms with Crippen LogP contribution in [0.15, 0.2) is 28.3 Å². The van der Waals surface area contributed by atoms with Crippen LogP contribution in [0.2, 0.25) is 0 Å². The summed E-state index contributed by atoms with van der Waals surface area (Å²) in [6.07, 6.45) is 4.57. The van der Waals surface area contributed by atoms with Gasteiger partial charge in [0.1, 0.15) is 5.82 Å². The first-order chi connectivity index (χ1) is 7.77. The third kappa shape index (κ3) is 2.93. The lowest BCUT2D eigenvalue weighted by Crippen LogP contribution is -2.21. The van der Waals surface area contributed by atoms with E-state index in [1.54, 1.807) is 17.5 Å². The van der Waals surface area contributed by atoms with Crippen molar-refractivity contribution in [3.8, 4) is 0 Å². The maximum absolute atomic E-state index is 4.19. The number of nitrogens with one attached hydrogen (secondary N) is 2. The average molecular weight is 300 g/mol. The van der Waals surface area contributed by atoms with Crippen LogP contribution in [0.25, 0.3) is 0 Å². The zero-order valence-corrected chi connectivity index (χ0v) is 11.4. The number of imidazole rings is 1. The van der Waals surface area contributed by atoms with Crippen LogP contribution in [-0.2, 0) is 6.42 Å². The molecule has 1 atom stereocenters. The summed E-state index contributed by atoms with van der Waals surface area (Å²) in [5, 5.41) is 5.59. The van der Waals surface area contributed by atoms with Crippen molar-refractivity contribution >= 4 is 27.3 Å². The zero-order valence-electron chi connectivity index (χ0n) is 9.03. The SMILES string of the molecule is CC(NCCc1ncc[nH]1)c1sccc1Br. The fraction of sp³-hybridized carbons (Fsp3) is 0.364. The van der Waals surface area contributed by atoms with Gasteiger partial charge in [-0.05, 0) is 34.3 Å². The van der Waals surface area contributed by atoms with E-state index in [1.807, 2.05) is 6.20 Å². The Hall–Kier alpha value is -0.650. The number of hydrogen-bond acceptors (Lipinski definition) is 3. The Balaban J connectivity index is 1.80. The van der Waals surface area contributed by atoms with Crippen LogP contribution < -0.4 is 5.32 Å². The van der Waals surface area contributed by atoms with Crippen LogP contribution in [0.4, 0.5) is 0 Å². The number of rotatable bonds is 5. The lowest BCUT2D eigenvalue weighted by atomic mass is 10.2. The van der Waals surface area contributed by atoms with Crippen LogP contribution in [0.3, 0.4) is 0 Å². The lowest BCUT2D eigenvalue weighted by molar-refractivity contribution is 0.577. The van der Waals surface area contributed by atoms with Gasteiger partial charge in [0, 0.05) is 40.8 Å². The van der Waals surface area contributed by atoms with Crippen molar-refractivity contribution in [2.24, 2.45) is 0 Å². The van der Waals surface area contributed by atoms with Gasteiger partial charge in [-0.25, -0.2) is 4.98 Å². The van der Waals surface area contributed by atoms with Gasteiger partial charge in [-0.15, -0.1) is 11.3 Å². The highest BCUT2D eigenvalue weighted by atomic mass is 79.9. The van der Waals surface area contributed by atoms with Gasteiger partial charge < -0.3 is 10.3 Å². The van der Waals surface area contributed by atoms with Gasteiger partial charge in [0.2, 0.25) is 0 Å². The fourth-order valence-electron chi connectivity index (χ4n) is 1.55. The number of thiophene rings is 1. The van der Waals surface area contributed by atoms with E-state index in [0.717, 1.165) is 18.8 Å². The van der Waals surface area contributed by atoms with Crippen LogP contribution in [0, 0.1) is 0 Å². The van der Waals surface area contributed by atoms with Gasteiger partial charge >= 0.3 is 0 Å². The highest BCUT2D eigenvalue weighted by Crippen LogP contribution is 2.28. The number of H-pyrrole nitrogens is 1. The van der Waals surface area contributed by atoms with Gasteiger partial charge in [-0.2, -0.15) is 0 Å². The topological polar surface area (TPSA) is 40.7 Å². The molecule has 5 heteroatoms.